The maximum Gasteiger partial charge on any atom is 0.189 e. The van der Waals surface area contributed by atoms with Crippen molar-refractivity contribution in [2.45, 2.75) is 19.3 Å². The van der Waals surface area contributed by atoms with E-state index >= 15 is 0 Å². The number of piperidine rings is 1. The molecule has 0 N–H and O–H groups in total. The summed E-state index contributed by atoms with van der Waals surface area (Å²) >= 11 is 12.5. The zero-order valence-corrected chi connectivity index (χ0v) is 15.8. The standard InChI is InChI=1S/C21H19Cl2N2O/c22-18-3-1-2-15(21(18)23)12-14-7-10-25(11-8-14)16-4-5-19-17(13-16)20(26)6-9-24-19/h1-6,9,13-14H,7-8,10-12H2. The van der Waals surface area contributed by atoms with E-state index in [1.54, 1.807) is 6.20 Å². The molecule has 0 unspecified atom stereocenters. The van der Waals surface area contributed by atoms with E-state index < -0.39 is 0 Å². The number of pyridine rings is 1. The number of rotatable bonds is 3. The van der Waals surface area contributed by atoms with Gasteiger partial charge in [0, 0.05) is 36.4 Å². The monoisotopic (exact) mass is 385 g/mol. The van der Waals surface area contributed by atoms with E-state index in [0.29, 0.717) is 21.3 Å². The van der Waals surface area contributed by atoms with E-state index in [1.807, 2.05) is 24.3 Å². The molecule has 1 saturated heterocycles. The van der Waals surface area contributed by atoms with Crippen LogP contribution in [0.25, 0.3) is 10.9 Å². The Morgan fingerprint density at radius 1 is 1.08 bits per heavy atom. The summed E-state index contributed by atoms with van der Waals surface area (Å²) in [6.45, 7) is 1.95. The van der Waals surface area contributed by atoms with Gasteiger partial charge >= 0.3 is 0 Å². The number of fused-ring (bicyclic) bond motifs is 1. The van der Waals surface area contributed by atoms with Crippen molar-refractivity contribution in [2.75, 3.05) is 18.0 Å². The van der Waals surface area contributed by atoms with Crippen LogP contribution >= 0.6 is 23.2 Å². The lowest BCUT2D eigenvalue weighted by Gasteiger charge is -2.34. The minimum Gasteiger partial charge on any atom is -0.371 e. The molecule has 3 aromatic rings. The first-order chi connectivity index (χ1) is 12.6. The van der Waals surface area contributed by atoms with Crippen LogP contribution in [0.15, 0.2) is 48.7 Å². The van der Waals surface area contributed by atoms with Gasteiger partial charge in [0.2, 0.25) is 0 Å². The highest BCUT2D eigenvalue weighted by Gasteiger charge is 2.21. The summed E-state index contributed by atoms with van der Waals surface area (Å²) in [5.41, 5.74) is 2.99. The summed E-state index contributed by atoms with van der Waals surface area (Å²) in [6, 6.07) is 13.3. The van der Waals surface area contributed by atoms with Gasteiger partial charge in [0.15, 0.2) is 5.75 Å². The number of benzene rings is 2. The predicted octanol–water partition coefficient (Wildman–Crippen LogP) is 6.14. The maximum atomic E-state index is 12.0. The third kappa shape index (κ3) is 3.46. The Labute approximate surface area is 163 Å². The fourth-order valence-electron chi connectivity index (χ4n) is 3.72. The second-order valence-corrected chi connectivity index (χ2v) is 7.64. The van der Waals surface area contributed by atoms with Gasteiger partial charge in [-0.05, 0) is 55.0 Å². The number of aromatic nitrogens is 1. The van der Waals surface area contributed by atoms with Gasteiger partial charge < -0.3 is 4.90 Å². The predicted molar refractivity (Wildman–Crippen MR) is 107 cm³/mol. The zero-order valence-electron chi connectivity index (χ0n) is 14.3. The van der Waals surface area contributed by atoms with Crippen molar-refractivity contribution < 1.29 is 5.11 Å². The second-order valence-electron chi connectivity index (χ2n) is 6.86. The molecule has 1 aliphatic rings. The Hall–Kier alpha value is -1.97. The minimum absolute atomic E-state index is 0.0299. The van der Waals surface area contributed by atoms with Gasteiger partial charge in [0.25, 0.3) is 0 Å². The molecule has 0 amide bonds. The van der Waals surface area contributed by atoms with Crippen LogP contribution in [0.2, 0.25) is 10.0 Å². The molecular weight excluding hydrogens is 367 g/mol. The summed E-state index contributed by atoms with van der Waals surface area (Å²) in [6.07, 6.45) is 4.71. The van der Waals surface area contributed by atoms with Crippen LogP contribution in [-0.2, 0) is 11.5 Å². The zero-order chi connectivity index (χ0) is 18.1. The quantitative estimate of drug-likeness (QED) is 0.542. The van der Waals surface area contributed by atoms with E-state index in [-0.39, 0.29) is 5.75 Å². The van der Waals surface area contributed by atoms with Crippen molar-refractivity contribution in [2.24, 2.45) is 5.92 Å². The van der Waals surface area contributed by atoms with E-state index in [1.165, 1.54) is 6.07 Å². The molecular formula is C21H19Cl2N2O. The van der Waals surface area contributed by atoms with E-state index in [4.69, 9.17) is 23.2 Å². The van der Waals surface area contributed by atoms with Gasteiger partial charge in [-0.25, -0.2) is 0 Å². The molecule has 1 fully saturated rings. The van der Waals surface area contributed by atoms with Crippen molar-refractivity contribution in [3.8, 4) is 5.75 Å². The lowest BCUT2D eigenvalue weighted by molar-refractivity contribution is 0.360. The maximum absolute atomic E-state index is 12.0. The first-order valence-electron chi connectivity index (χ1n) is 8.85. The Bertz CT molecular complexity index is 936. The Balaban J connectivity index is 1.45. The molecule has 0 bridgehead atoms. The van der Waals surface area contributed by atoms with Gasteiger partial charge in [-0.15, -0.1) is 0 Å². The van der Waals surface area contributed by atoms with Crippen LogP contribution in [0.1, 0.15) is 18.4 Å². The highest BCUT2D eigenvalue weighted by atomic mass is 35.5. The third-order valence-electron chi connectivity index (χ3n) is 5.20. The van der Waals surface area contributed by atoms with Crippen LogP contribution in [-0.4, -0.2) is 18.1 Å². The van der Waals surface area contributed by atoms with E-state index in [9.17, 15) is 5.11 Å². The molecule has 0 atom stereocenters. The topological polar surface area (TPSA) is 36.0 Å². The molecule has 1 aromatic heterocycles. The molecule has 133 valence electrons. The molecule has 2 heterocycles. The smallest absolute Gasteiger partial charge is 0.189 e. The van der Waals surface area contributed by atoms with Crippen molar-refractivity contribution in [1.82, 2.24) is 4.98 Å². The van der Waals surface area contributed by atoms with E-state index in [0.717, 1.165) is 49.1 Å². The van der Waals surface area contributed by atoms with Crippen molar-refractivity contribution >= 4 is 39.8 Å². The molecule has 5 heteroatoms. The summed E-state index contributed by atoms with van der Waals surface area (Å²) in [5.74, 6) is 0.627. The highest BCUT2D eigenvalue weighted by Crippen LogP contribution is 2.33. The van der Waals surface area contributed by atoms with Crippen LogP contribution in [0, 0.1) is 5.92 Å². The third-order valence-corrected chi connectivity index (χ3v) is 6.06. The molecule has 0 saturated carbocycles. The Kier molecular flexibility index (Phi) is 4.92. The molecule has 2 aromatic carbocycles. The van der Waals surface area contributed by atoms with Gasteiger partial charge in [0.1, 0.15) is 0 Å². The molecule has 1 radical (unpaired) electrons. The Morgan fingerprint density at radius 2 is 1.88 bits per heavy atom. The SMILES string of the molecule is [O]c1ccnc2ccc(N3CCC(Cc4cccc(Cl)c4Cl)CC3)cc12. The summed E-state index contributed by atoms with van der Waals surface area (Å²) in [7, 11) is 0. The lowest BCUT2D eigenvalue weighted by Crippen LogP contribution is -2.34. The normalized spacial score (nSPS) is 15.5. The lowest BCUT2D eigenvalue weighted by atomic mass is 9.90. The van der Waals surface area contributed by atoms with Crippen molar-refractivity contribution in [3.63, 3.8) is 0 Å². The average molecular weight is 386 g/mol. The summed E-state index contributed by atoms with van der Waals surface area (Å²) < 4.78 is 0. The number of halogens is 2. The summed E-state index contributed by atoms with van der Waals surface area (Å²) in [5, 5.41) is 14.0. The first kappa shape index (κ1) is 17.4. The fraction of sp³-hybridized carbons (Fsp3) is 0.286. The fourth-order valence-corrected chi connectivity index (χ4v) is 4.12. The minimum atomic E-state index is 0.0299. The van der Waals surface area contributed by atoms with Crippen molar-refractivity contribution in [1.29, 1.82) is 0 Å². The number of hydrogen-bond acceptors (Lipinski definition) is 2. The molecule has 0 aliphatic carbocycles. The molecule has 0 spiro atoms. The largest absolute Gasteiger partial charge is 0.371 e. The molecule has 4 rings (SSSR count). The van der Waals surface area contributed by atoms with Crippen LogP contribution in [0.3, 0.4) is 0 Å². The Morgan fingerprint density at radius 3 is 2.69 bits per heavy atom. The van der Waals surface area contributed by atoms with Crippen molar-refractivity contribution in [3.05, 3.63) is 64.3 Å². The average Bonchev–Trinajstić information content (AvgIpc) is 2.66. The number of hydrogen-bond donors (Lipinski definition) is 0. The highest BCUT2D eigenvalue weighted by molar-refractivity contribution is 6.42. The molecule has 26 heavy (non-hydrogen) atoms. The van der Waals surface area contributed by atoms with Gasteiger partial charge in [-0.1, -0.05) is 35.3 Å². The first-order valence-corrected chi connectivity index (χ1v) is 9.61. The van der Waals surface area contributed by atoms with Crippen LogP contribution in [0.5, 0.6) is 5.75 Å². The van der Waals surface area contributed by atoms with E-state index in [2.05, 4.69) is 22.0 Å². The molecule has 3 nitrogen and oxygen atoms in total. The number of anilines is 1. The second kappa shape index (κ2) is 7.34. The van der Waals surface area contributed by atoms with Gasteiger partial charge in [0.05, 0.1) is 15.6 Å². The van der Waals surface area contributed by atoms with Gasteiger partial charge in [-0.3, -0.25) is 10.1 Å². The van der Waals surface area contributed by atoms with Gasteiger partial charge in [-0.2, -0.15) is 0 Å². The van der Waals surface area contributed by atoms with Crippen LogP contribution in [0.4, 0.5) is 5.69 Å². The summed E-state index contributed by atoms with van der Waals surface area (Å²) in [4.78, 5) is 6.61. The number of nitrogens with zero attached hydrogens (tertiary/aromatic N) is 2. The molecule has 1 aliphatic heterocycles. The van der Waals surface area contributed by atoms with Crippen LogP contribution < -0.4 is 4.90 Å².